The molecule has 0 spiro atoms. The second-order valence-electron chi connectivity index (χ2n) is 5.38. The summed E-state index contributed by atoms with van der Waals surface area (Å²) in [6, 6.07) is 3.84. The molecule has 1 atom stereocenters. The number of rotatable bonds is 4. The molecule has 6 nitrogen and oxygen atoms in total. The van der Waals surface area contributed by atoms with Crippen molar-refractivity contribution in [3.05, 3.63) is 30.1 Å². The van der Waals surface area contributed by atoms with E-state index in [9.17, 15) is 9.59 Å². The standard InChI is InChI=1S/C15H21N3O3/c1-12(19)18-9-10-21-15(2,11-18)14(20)17-8-5-13-3-6-16-7-4-13/h3-4,6-7H,5,8-11H2,1-2H3,(H,17,20)/t15-/m1/s1. The SMILES string of the molecule is CC(=O)N1CCO[C@@](C)(C(=O)NCCc2ccncc2)C1. The molecule has 0 bridgehead atoms. The van der Waals surface area contributed by atoms with Crippen molar-refractivity contribution in [3.8, 4) is 0 Å². The predicted octanol–water partition coefficient (Wildman–Crippen LogP) is 0.378. The first-order chi connectivity index (χ1) is 10.0. The maximum absolute atomic E-state index is 12.3. The van der Waals surface area contributed by atoms with Crippen LogP contribution in [0.15, 0.2) is 24.5 Å². The van der Waals surface area contributed by atoms with Crippen LogP contribution in [-0.4, -0.2) is 53.5 Å². The third-order valence-corrected chi connectivity index (χ3v) is 3.65. The molecule has 2 amide bonds. The van der Waals surface area contributed by atoms with Crippen LogP contribution in [0.25, 0.3) is 0 Å². The molecule has 2 rings (SSSR count). The van der Waals surface area contributed by atoms with Crippen LogP contribution in [0.4, 0.5) is 0 Å². The fraction of sp³-hybridized carbons (Fsp3) is 0.533. The number of carbonyl (C=O) groups excluding carboxylic acids is 2. The number of aromatic nitrogens is 1. The van der Waals surface area contributed by atoms with Gasteiger partial charge in [-0.05, 0) is 31.0 Å². The Morgan fingerprint density at radius 1 is 1.43 bits per heavy atom. The lowest BCUT2D eigenvalue weighted by Gasteiger charge is -2.38. The predicted molar refractivity (Wildman–Crippen MR) is 77.6 cm³/mol. The Morgan fingerprint density at radius 3 is 2.81 bits per heavy atom. The molecule has 0 aromatic carbocycles. The van der Waals surface area contributed by atoms with Gasteiger partial charge in [0.05, 0.1) is 13.2 Å². The third-order valence-electron chi connectivity index (χ3n) is 3.65. The van der Waals surface area contributed by atoms with E-state index in [0.29, 0.717) is 26.2 Å². The molecule has 2 heterocycles. The Morgan fingerprint density at radius 2 is 2.14 bits per heavy atom. The molecule has 1 aliphatic rings. The molecule has 0 radical (unpaired) electrons. The van der Waals surface area contributed by atoms with E-state index in [0.717, 1.165) is 12.0 Å². The lowest BCUT2D eigenvalue weighted by Crippen LogP contribution is -2.59. The van der Waals surface area contributed by atoms with Gasteiger partial charge in [0.25, 0.3) is 5.91 Å². The normalized spacial score (nSPS) is 21.9. The Bertz CT molecular complexity index is 506. The zero-order valence-electron chi connectivity index (χ0n) is 12.5. The highest BCUT2D eigenvalue weighted by Gasteiger charge is 2.39. The maximum Gasteiger partial charge on any atom is 0.253 e. The molecule has 0 aliphatic carbocycles. The number of pyridine rings is 1. The molecule has 1 aromatic rings. The molecule has 1 aromatic heterocycles. The van der Waals surface area contributed by atoms with Gasteiger partial charge < -0.3 is 15.0 Å². The van der Waals surface area contributed by atoms with Crippen molar-refractivity contribution in [1.29, 1.82) is 0 Å². The van der Waals surface area contributed by atoms with Gasteiger partial charge >= 0.3 is 0 Å². The summed E-state index contributed by atoms with van der Waals surface area (Å²) in [4.78, 5) is 29.3. The van der Waals surface area contributed by atoms with Gasteiger partial charge in [-0.2, -0.15) is 0 Å². The van der Waals surface area contributed by atoms with Gasteiger partial charge in [0.1, 0.15) is 0 Å². The molecule has 0 unspecified atom stereocenters. The van der Waals surface area contributed by atoms with Gasteiger partial charge in [-0.3, -0.25) is 14.6 Å². The van der Waals surface area contributed by atoms with E-state index in [1.54, 1.807) is 24.2 Å². The first-order valence-corrected chi connectivity index (χ1v) is 7.08. The van der Waals surface area contributed by atoms with E-state index >= 15 is 0 Å². The number of amides is 2. The van der Waals surface area contributed by atoms with Crippen molar-refractivity contribution < 1.29 is 14.3 Å². The molecule has 1 aliphatic heterocycles. The van der Waals surface area contributed by atoms with Gasteiger partial charge in [0, 0.05) is 32.4 Å². The minimum atomic E-state index is -0.970. The Hall–Kier alpha value is -1.95. The summed E-state index contributed by atoms with van der Waals surface area (Å²) in [7, 11) is 0. The Labute approximate surface area is 124 Å². The summed E-state index contributed by atoms with van der Waals surface area (Å²) in [5.41, 5.74) is 0.146. The van der Waals surface area contributed by atoms with Crippen molar-refractivity contribution >= 4 is 11.8 Å². The highest BCUT2D eigenvalue weighted by atomic mass is 16.5. The van der Waals surface area contributed by atoms with Crippen LogP contribution in [0.1, 0.15) is 19.4 Å². The third kappa shape index (κ3) is 4.01. The second-order valence-corrected chi connectivity index (χ2v) is 5.38. The Balaban J connectivity index is 1.85. The van der Waals surface area contributed by atoms with E-state index < -0.39 is 5.60 Å². The lowest BCUT2D eigenvalue weighted by atomic mass is 10.0. The summed E-state index contributed by atoms with van der Waals surface area (Å²) < 4.78 is 5.59. The first-order valence-electron chi connectivity index (χ1n) is 7.08. The molecule has 1 fully saturated rings. The summed E-state index contributed by atoms with van der Waals surface area (Å²) in [6.45, 7) is 4.98. The van der Waals surface area contributed by atoms with Crippen molar-refractivity contribution in [2.45, 2.75) is 25.9 Å². The minimum absolute atomic E-state index is 0.0332. The molecular formula is C15H21N3O3. The number of morpholine rings is 1. The fourth-order valence-corrected chi connectivity index (χ4v) is 2.33. The monoisotopic (exact) mass is 291 g/mol. The summed E-state index contributed by atoms with van der Waals surface area (Å²) in [5.74, 6) is -0.211. The van der Waals surface area contributed by atoms with Crippen molar-refractivity contribution in [2.75, 3.05) is 26.2 Å². The van der Waals surface area contributed by atoms with Crippen LogP contribution in [0.2, 0.25) is 0 Å². The Kier molecular flexibility index (Phi) is 4.90. The lowest BCUT2D eigenvalue weighted by molar-refractivity contribution is -0.161. The van der Waals surface area contributed by atoms with E-state index in [-0.39, 0.29) is 11.8 Å². The average Bonchev–Trinajstić information content (AvgIpc) is 2.48. The number of ether oxygens (including phenoxy) is 1. The van der Waals surface area contributed by atoms with Crippen molar-refractivity contribution in [1.82, 2.24) is 15.2 Å². The zero-order valence-corrected chi connectivity index (χ0v) is 12.5. The fourth-order valence-electron chi connectivity index (χ4n) is 2.33. The van der Waals surface area contributed by atoms with Crippen LogP contribution in [0.5, 0.6) is 0 Å². The molecule has 1 N–H and O–H groups in total. The van der Waals surface area contributed by atoms with Crippen LogP contribution >= 0.6 is 0 Å². The van der Waals surface area contributed by atoms with Crippen LogP contribution < -0.4 is 5.32 Å². The second kappa shape index (κ2) is 6.67. The maximum atomic E-state index is 12.3. The zero-order chi connectivity index (χ0) is 15.3. The average molecular weight is 291 g/mol. The molecular weight excluding hydrogens is 270 g/mol. The number of hydrogen-bond acceptors (Lipinski definition) is 4. The van der Waals surface area contributed by atoms with E-state index in [1.807, 2.05) is 12.1 Å². The van der Waals surface area contributed by atoms with Crippen LogP contribution in [0.3, 0.4) is 0 Å². The van der Waals surface area contributed by atoms with E-state index in [4.69, 9.17) is 4.74 Å². The quantitative estimate of drug-likeness (QED) is 0.870. The number of nitrogens with zero attached hydrogens (tertiary/aromatic N) is 2. The van der Waals surface area contributed by atoms with Gasteiger partial charge in [0.2, 0.25) is 5.91 Å². The number of nitrogens with one attached hydrogen (secondary N) is 1. The highest BCUT2D eigenvalue weighted by Crippen LogP contribution is 2.18. The molecule has 114 valence electrons. The molecule has 21 heavy (non-hydrogen) atoms. The van der Waals surface area contributed by atoms with E-state index in [1.165, 1.54) is 6.92 Å². The number of hydrogen-bond donors (Lipinski definition) is 1. The molecule has 6 heteroatoms. The van der Waals surface area contributed by atoms with Crippen LogP contribution in [-0.2, 0) is 20.7 Å². The summed E-state index contributed by atoms with van der Waals surface area (Å²) >= 11 is 0. The molecule has 0 saturated carbocycles. The van der Waals surface area contributed by atoms with E-state index in [2.05, 4.69) is 10.3 Å². The number of carbonyl (C=O) groups is 2. The summed E-state index contributed by atoms with van der Waals surface area (Å²) in [6.07, 6.45) is 4.20. The summed E-state index contributed by atoms with van der Waals surface area (Å²) in [5, 5.41) is 2.88. The smallest absolute Gasteiger partial charge is 0.253 e. The van der Waals surface area contributed by atoms with Gasteiger partial charge in [-0.25, -0.2) is 0 Å². The first kappa shape index (κ1) is 15.4. The van der Waals surface area contributed by atoms with Crippen LogP contribution in [0, 0.1) is 0 Å². The van der Waals surface area contributed by atoms with Gasteiger partial charge in [0.15, 0.2) is 5.60 Å². The van der Waals surface area contributed by atoms with Gasteiger partial charge in [-0.1, -0.05) is 0 Å². The minimum Gasteiger partial charge on any atom is -0.362 e. The van der Waals surface area contributed by atoms with Gasteiger partial charge in [-0.15, -0.1) is 0 Å². The molecule has 1 saturated heterocycles. The van der Waals surface area contributed by atoms with Crippen molar-refractivity contribution in [2.24, 2.45) is 0 Å². The topological polar surface area (TPSA) is 71.5 Å². The highest BCUT2D eigenvalue weighted by molar-refractivity contribution is 5.86. The van der Waals surface area contributed by atoms with Crippen molar-refractivity contribution in [3.63, 3.8) is 0 Å². The largest absolute Gasteiger partial charge is 0.362 e.